The highest BCUT2D eigenvalue weighted by Crippen LogP contribution is 2.32. The molecule has 0 saturated carbocycles. The number of carbonyl (C=O) groups is 1. The molecule has 32 heavy (non-hydrogen) atoms. The van der Waals surface area contributed by atoms with E-state index in [0.29, 0.717) is 16.5 Å². The second-order valence-corrected chi connectivity index (χ2v) is 9.82. The molecule has 0 aliphatic rings. The van der Waals surface area contributed by atoms with Crippen molar-refractivity contribution in [3.63, 3.8) is 0 Å². The highest BCUT2D eigenvalue weighted by atomic mass is 35.5. The largest absolute Gasteiger partial charge is 0.495 e. The van der Waals surface area contributed by atoms with Crippen molar-refractivity contribution in [2.24, 2.45) is 0 Å². The summed E-state index contributed by atoms with van der Waals surface area (Å²) >= 11 is 7.70. The first-order valence-electron chi connectivity index (χ1n) is 9.72. The summed E-state index contributed by atoms with van der Waals surface area (Å²) in [5.41, 5.74) is 1.07. The monoisotopic (exact) mass is 490 g/mol. The molecule has 0 atom stereocenters. The Morgan fingerprint density at radius 3 is 2.44 bits per heavy atom. The van der Waals surface area contributed by atoms with Crippen LogP contribution in [0, 0.1) is 0 Å². The fourth-order valence-corrected chi connectivity index (χ4v) is 5.30. The zero-order valence-electron chi connectivity index (χ0n) is 17.8. The summed E-state index contributed by atoms with van der Waals surface area (Å²) in [6, 6.07) is 18.4. The Labute approximate surface area is 197 Å². The van der Waals surface area contributed by atoms with E-state index in [1.165, 1.54) is 41.4 Å². The van der Waals surface area contributed by atoms with Crippen molar-refractivity contribution in [2.45, 2.75) is 16.7 Å². The molecule has 0 spiro atoms. The van der Waals surface area contributed by atoms with Crippen molar-refractivity contribution in [3.05, 3.63) is 77.3 Å². The van der Waals surface area contributed by atoms with Crippen molar-refractivity contribution in [3.8, 4) is 5.75 Å². The summed E-state index contributed by atoms with van der Waals surface area (Å²) in [6.07, 6.45) is 1.90. The zero-order valence-corrected chi connectivity index (χ0v) is 20.2. The van der Waals surface area contributed by atoms with Gasteiger partial charge in [0.1, 0.15) is 5.75 Å². The Bertz CT molecular complexity index is 1220. The summed E-state index contributed by atoms with van der Waals surface area (Å²) in [7, 11) is -2.43. The molecule has 0 aliphatic carbocycles. The van der Waals surface area contributed by atoms with Crippen LogP contribution in [0.25, 0.3) is 0 Å². The number of methoxy groups -OCH3 is 1. The molecular formula is C23H23ClN2O4S2. The third-order valence-corrected chi connectivity index (χ3v) is 7.71. The molecule has 6 nitrogen and oxygen atoms in total. The standard InChI is InChI=1S/C23H23ClN2O4S2/c1-4-26(16-8-6-5-7-9-16)32(28,29)18-11-13-22(30-2)21(15-18)25-23(27)19-14-17(31-3)10-12-20(19)24/h5-15H,4H2,1-3H3,(H,25,27). The van der Waals surface area contributed by atoms with Gasteiger partial charge in [0.15, 0.2) is 0 Å². The number of anilines is 2. The Morgan fingerprint density at radius 1 is 1.09 bits per heavy atom. The molecule has 0 saturated heterocycles. The minimum absolute atomic E-state index is 0.0308. The first-order valence-corrected chi connectivity index (χ1v) is 12.8. The molecule has 0 bridgehead atoms. The van der Waals surface area contributed by atoms with Crippen LogP contribution in [-0.2, 0) is 10.0 Å². The summed E-state index contributed by atoms with van der Waals surface area (Å²) in [6.45, 7) is 2.01. The van der Waals surface area contributed by atoms with E-state index in [9.17, 15) is 13.2 Å². The molecule has 0 fully saturated rings. The molecule has 3 rings (SSSR count). The normalized spacial score (nSPS) is 11.1. The first kappa shape index (κ1) is 24.0. The molecule has 3 aromatic rings. The Balaban J connectivity index is 1.99. The zero-order chi connectivity index (χ0) is 23.3. The van der Waals surface area contributed by atoms with Crippen LogP contribution < -0.4 is 14.4 Å². The van der Waals surface area contributed by atoms with E-state index < -0.39 is 15.9 Å². The number of nitrogens with one attached hydrogen (secondary N) is 1. The Hall–Kier alpha value is -2.68. The number of nitrogens with zero attached hydrogens (tertiary/aromatic N) is 1. The van der Waals surface area contributed by atoms with Gasteiger partial charge in [0.05, 0.1) is 34.0 Å². The minimum Gasteiger partial charge on any atom is -0.495 e. The van der Waals surface area contributed by atoms with Gasteiger partial charge in [-0.25, -0.2) is 8.42 Å². The van der Waals surface area contributed by atoms with Crippen molar-refractivity contribution in [2.75, 3.05) is 29.5 Å². The average Bonchev–Trinajstić information content (AvgIpc) is 2.80. The number of benzene rings is 3. The van der Waals surface area contributed by atoms with Gasteiger partial charge in [-0.1, -0.05) is 29.8 Å². The molecule has 3 aromatic carbocycles. The summed E-state index contributed by atoms with van der Waals surface area (Å²) in [4.78, 5) is 13.8. The van der Waals surface area contributed by atoms with Crippen molar-refractivity contribution in [1.29, 1.82) is 0 Å². The topological polar surface area (TPSA) is 75.7 Å². The van der Waals surface area contributed by atoms with Crippen LogP contribution >= 0.6 is 23.4 Å². The van der Waals surface area contributed by atoms with Gasteiger partial charge < -0.3 is 10.1 Å². The average molecular weight is 491 g/mol. The third-order valence-electron chi connectivity index (χ3n) is 4.76. The van der Waals surface area contributed by atoms with Gasteiger partial charge in [0.2, 0.25) is 0 Å². The number of carbonyl (C=O) groups excluding carboxylic acids is 1. The van der Waals surface area contributed by atoms with E-state index in [2.05, 4.69) is 5.32 Å². The molecule has 9 heteroatoms. The number of amides is 1. The predicted molar refractivity (Wildman–Crippen MR) is 131 cm³/mol. The quantitative estimate of drug-likeness (QED) is 0.420. The van der Waals surface area contributed by atoms with Crippen LogP contribution in [0.1, 0.15) is 17.3 Å². The maximum atomic E-state index is 13.4. The summed E-state index contributed by atoms with van der Waals surface area (Å²) in [5, 5.41) is 3.03. The number of ether oxygens (including phenoxy) is 1. The lowest BCUT2D eigenvalue weighted by Crippen LogP contribution is -2.30. The highest BCUT2D eigenvalue weighted by Gasteiger charge is 2.25. The molecule has 0 radical (unpaired) electrons. The number of hydrogen-bond acceptors (Lipinski definition) is 5. The SMILES string of the molecule is CCN(c1ccccc1)S(=O)(=O)c1ccc(OC)c(NC(=O)c2cc(SC)ccc2Cl)c1. The molecule has 0 aromatic heterocycles. The van der Waals surface area contributed by atoms with Gasteiger partial charge in [-0.05, 0) is 61.7 Å². The van der Waals surface area contributed by atoms with E-state index in [1.54, 1.807) is 43.3 Å². The third kappa shape index (κ3) is 5.03. The van der Waals surface area contributed by atoms with Gasteiger partial charge in [0, 0.05) is 11.4 Å². The second kappa shape index (κ2) is 10.3. The highest BCUT2D eigenvalue weighted by molar-refractivity contribution is 7.98. The Kier molecular flexibility index (Phi) is 7.71. The predicted octanol–water partition coefficient (Wildman–Crippen LogP) is 5.54. The van der Waals surface area contributed by atoms with Crippen LogP contribution in [0.15, 0.2) is 76.5 Å². The smallest absolute Gasteiger partial charge is 0.264 e. The molecule has 0 unspecified atom stereocenters. The van der Waals surface area contributed by atoms with E-state index in [0.717, 1.165) is 4.90 Å². The lowest BCUT2D eigenvalue weighted by atomic mass is 10.2. The number of para-hydroxylation sites is 1. The molecule has 1 amide bonds. The van der Waals surface area contributed by atoms with Crippen LogP contribution in [0.5, 0.6) is 5.75 Å². The fourth-order valence-electron chi connectivity index (χ4n) is 3.15. The molecular weight excluding hydrogens is 468 g/mol. The number of halogens is 1. The van der Waals surface area contributed by atoms with Crippen LogP contribution in [0.4, 0.5) is 11.4 Å². The van der Waals surface area contributed by atoms with Gasteiger partial charge >= 0.3 is 0 Å². The first-order chi connectivity index (χ1) is 15.3. The van der Waals surface area contributed by atoms with Gasteiger partial charge in [-0.2, -0.15) is 0 Å². The van der Waals surface area contributed by atoms with Crippen LogP contribution in [0.3, 0.4) is 0 Å². The second-order valence-electron chi connectivity index (χ2n) is 6.67. The molecule has 0 aliphatic heterocycles. The fraction of sp³-hybridized carbons (Fsp3) is 0.174. The number of thioether (sulfide) groups is 1. The van der Waals surface area contributed by atoms with Crippen LogP contribution in [0.2, 0.25) is 5.02 Å². The van der Waals surface area contributed by atoms with E-state index >= 15 is 0 Å². The molecule has 168 valence electrons. The van der Waals surface area contributed by atoms with E-state index in [-0.39, 0.29) is 22.7 Å². The maximum absolute atomic E-state index is 13.4. The van der Waals surface area contributed by atoms with E-state index in [4.69, 9.17) is 16.3 Å². The molecule has 1 N–H and O–H groups in total. The lowest BCUT2D eigenvalue weighted by Gasteiger charge is -2.23. The number of hydrogen-bond donors (Lipinski definition) is 1. The lowest BCUT2D eigenvalue weighted by molar-refractivity contribution is 0.102. The van der Waals surface area contributed by atoms with Crippen molar-refractivity contribution in [1.82, 2.24) is 0 Å². The summed E-state index contributed by atoms with van der Waals surface area (Å²) in [5.74, 6) is -0.133. The van der Waals surface area contributed by atoms with Gasteiger partial charge in [0.25, 0.3) is 15.9 Å². The van der Waals surface area contributed by atoms with Crippen LogP contribution in [-0.4, -0.2) is 34.2 Å². The number of rotatable bonds is 8. The maximum Gasteiger partial charge on any atom is 0.264 e. The van der Waals surface area contributed by atoms with Gasteiger partial charge in [-0.3, -0.25) is 9.10 Å². The van der Waals surface area contributed by atoms with Gasteiger partial charge in [-0.15, -0.1) is 11.8 Å². The Morgan fingerprint density at radius 2 is 1.81 bits per heavy atom. The van der Waals surface area contributed by atoms with E-state index in [1.807, 2.05) is 18.4 Å². The van der Waals surface area contributed by atoms with Crippen molar-refractivity contribution < 1.29 is 17.9 Å². The van der Waals surface area contributed by atoms with Crippen molar-refractivity contribution >= 4 is 50.7 Å². The molecule has 0 heterocycles. The minimum atomic E-state index is -3.87. The number of sulfonamides is 1. The summed E-state index contributed by atoms with van der Waals surface area (Å²) < 4.78 is 33.4.